The van der Waals surface area contributed by atoms with Gasteiger partial charge in [0.05, 0.1) is 0 Å². The molecule has 0 saturated heterocycles. The zero-order chi connectivity index (χ0) is 10.1. The second-order valence-electron chi connectivity index (χ2n) is 3.97. The van der Waals surface area contributed by atoms with Crippen LogP contribution in [0.1, 0.15) is 25.3 Å². The van der Waals surface area contributed by atoms with Crippen molar-refractivity contribution in [3.8, 4) is 0 Å². The molecular weight excluding hydrogens is 240 g/mol. The number of halogens is 1. The number of pyridine rings is 1. The van der Waals surface area contributed by atoms with Crippen molar-refractivity contribution in [2.24, 2.45) is 5.92 Å². The van der Waals surface area contributed by atoms with Crippen LogP contribution in [0, 0.1) is 12.8 Å². The van der Waals surface area contributed by atoms with Crippen molar-refractivity contribution < 1.29 is 0 Å². The highest BCUT2D eigenvalue weighted by atomic mass is 79.9. The maximum atomic E-state index is 4.37. The lowest BCUT2D eigenvalue weighted by molar-refractivity contribution is 0.773. The molecule has 1 aliphatic carbocycles. The molecule has 1 aromatic rings. The number of aromatic nitrogens is 1. The van der Waals surface area contributed by atoms with Crippen LogP contribution < -0.4 is 5.32 Å². The number of hydrogen-bond acceptors (Lipinski definition) is 2. The molecule has 3 heteroatoms. The Balaban J connectivity index is 2.03. The van der Waals surface area contributed by atoms with E-state index in [1.165, 1.54) is 18.4 Å². The average Bonchev–Trinajstić information content (AvgIpc) is 2.89. The molecule has 0 amide bonds. The standard InChI is InChI=1S/C11H15BrN2/c1-3-8-5-10(8)14-11-7(2)4-9(12)6-13-11/h4,6,8,10H,3,5H2,1-2H3,(H,13,14). The monoisotopic (exact) mass is 254 g/mol. The Morgan fingerprint density at radius 3 is 3.00 bits per heavy atom. The van der Waals surface area contributed by atoms with Crippen molar-refractivity contribution in [1.29, 1.82) is 0 Å². The molecule has 0 bridgehead atoms. The maximum absolute atomic E-state index is 4.37. The fourth-order valence-corrected chi connectivity index (χ4v) is 2.19. The predicted molar refractivity (Wildman–Crippen MR) is 62.5 cm³/mol. The molecule has 76 valence electrons. The predicted octanol–water partition coefficient (Wildman–Crippen LogP) is 3.36. The summed E-state index contributed by atoms with van der Waals surface area (Å²) in [6.45, 7) is 4.33. The van der Waals surface area contributed by atoms with Gasteiger partial charge in [0.1, 0.15) is 5.82 Å². The summed E-state index contributed by atoms with van der Waals surface area (Å²) in [4.78, 5) is 4.37. The molecule has 0 radical (unpaired) electrons. The van der Waals surface area contributed by atoms with Crippen LogP contribution in [-0.2, 0) is 0 Å². The Morgan fingerprint density at radius 2 is 2.43 bits per heavy atom. The van der Waals surface area contributed by atoms with E-state index in [0.717, 1.165) is 16.2 Å². The quantitative estimate of drug-likeness (QED) is 0.895. The molecule has 1 saturated carbocycles. The van der Waals surface area contributed by atoms with E-state index in [2.05, 4.69) is 46.1 Å². The van der Waals surface area contributed by atoms with E-state index in [-0.39, 0.29) is 0 Å². The average molecular weight is 255 g/mol. The van der Waals surface area contributed by atoms with Gasteiger partial charge in [0.2, 0.25) is 0 Å². The van der Waals surface area contributed by atoms with Crippen LogP contribution in [0.5, 0.6) is 0 Å². The Morgan fingerprint density at radius 1 is 1.64 bits per heavy atom. The van der Waals surface area contributed by atoms with E-state index in [1.807, 2.05) is 6.20 Å². The van der Waals surface area contributed by atoms with E-state index < -0.39 is 0 Å². The highest BCUT2D eigenvalue weighted by Crippen LogP contribution is 2.36. The van der Waals surface area contributed by atoms with Crippen molar-refractivity contribution in [3.63, 3.8) is 0 Å². The number of hydrogen-bond donors (Lipinski definition) is 1. The summed E-state index contributed by atoms with van der Waals surface area (Å²) in [6, 6.07) is 2.76. The molecule has 1 fully saturated rings. The van der Waals surface area contributed by atoms with Gasteiger partial charge in [0.15, 0.2) is 0 Å². The van der Waals surface area contributed by atoms with Crippen LogP contribution >= 0.6 is 15.9 Å². The molecule has 2 atom stereocenters. The van der Waals surface area contributed by atoms with Gasteiger partial charge in [-0.3, -0.25) is 0 Å². The van der Waals surface area contributed by atoms with Crippen molar-refractivity contribution in [3.05, 3.63) is 22.3 Å². The van der Waals surface area contributed by atoms with E-state index in [1.54, 1.807) is 0 Å². The Kier molecular flexibility index (Phi) is 2.77. The molecule has 1 aromatic heterocycles. The molecule has 2 rings (SSSR count). The minimum atomic E-state index is 0.660. The number of aryl methyl sites for hydroxylation is 1. The zero-order valence-electron chi connectivity index (χ0n) is 8.55. The first-order valence-corrected chi connectivity index (χ1v) is 5.88. The number of rotatable bonds is 3. The van der Waals surface area contributed by atoms with Crippen LogP contribution in [-0.4, -0.2) is 11.0 Å². The normalized spacial score (nSPS) is 24.8. The van der Waals surface area contributed by atoms with E-state index in [0.29, 0.717) is 6.04 Å². The van der Waals surface area contributed by atoms with Gasteiger partial charge in [-0.05, 0) is 46.8 Å². The second kappa shape index (κ2) is 3.89. The largest absolute Gasteiger partial charge is 0.367 e. The lowest BCUT2D eigenvalue weighted by atomic mass is 10.3. The molecule has 0 aliphatic heterocycles. The minimum absolute atomic E-state index is 0.660. The van der Waals surface area contributed by atoms with Crippen LogP contribution in [0.3, 0.4) is 0 Å². The summed E-state index contributed by atoms with van der Waals surface area (Å²) in [5, 5.41) is 3.48. The van der Waals surface area contributed by atoms with Gasteiger partial charge in [-0.1, -0.05) is 13.3 Å². The maximum Gasteiger partial charge on any atom is 0.129 e. The van der Waals surface area contributed by atoms with Gasteiger partial charge in [-0.15, -0.1) is 0 Å². The van der Waals surface area contributed by atoms with Gasteiger partial charge < -0.3 is 5.32 Å². The molecular formula is C11H15BrN2. The van der Waals surface area contributed by atoms with E-state index in [4.69, 9.17) is 0 Å². The van der Waals surface area contributed by atoms with E-state index in [9.17, 15) is 0 Å². The molecule has 0 spiro atoms. The van der Waals surface area contributed by atoms with Crippen LogP contribution in [0.2, 0.25) is 0 Å². The summed E-state index contributed by atoms with van der Waals surface area (Å²) in [7, 11) is 0. The zero-order valence-corrected chi connectivity index (χ0v) is 10.1. The van der Waals surface area contributed by atoms with Gasteiger partial charge in [0, 0.05) is 16.7 Å². The highest BCUT2D eigenvalue weighted by molar-refractivity contribution is 9.10. The van der Waals surface area contributed by atoms with Gasteiger partial charge in [0.25, 0.3) is 0 Å². The van der Waals surface area contributed by atoms with E-state index >= 15 is 0 Å². The molecule has 1 heterocycles. The first-order chi connectivity index (χ1) is 6.70. The Hall–Kier alpha value is -0.570. The molecule has 2 unspecified atom stereocenters. The lowest BCUT2D eigenvalue weighted by Crippen LogP contribution is -2.07. The lowest BCUT2D eigenvalue weighted by Gasteiger charge is -2.07. The van der Waals surface area contributed by atoms with Crippen molar-refractivity contribution in [2.75, 3.05) is 5.32 Å². The summed E-state index contributed by atoms with van der Waals surface area (Å²) < 4.78 is 1.04. The number of nitrogens with one attached hydrogen (secondary N) is 1. The third-order valence-corrected chi connectivity index (χ3v) is 3.25. The fraction of sp³-hybridized carbons (Fsp3) is 0.545. The topological polar surface area (TPSA) is 24.9 Å². The van der Waals surface area contributed by atoms with Crippen molar-refractivity contribution in [1.82, 2.24) is 4.98 Å². The third kappa shape index (κ3) is 2.08. The fourth-order valence-electron chi connectivity index (χ4n) is 1.74. The second-order valence-corrected chi connectivity index (χ2v) is 4.89. The van der Waals surface area contributed by atoms with Gasteiger partial charge in [-0.25, -0.2) is 4.98 Å². The smallest absolute Gasteiger partial charge is 0.129 e. The molecule has 1 aliphatic rings. The minimum Gasteiger partial charge on any atom is -0.367 e. The summed E-state index contributed by atoms with van der Waals surface area (Å²) >= 11 is 3.41. The van der Waals surface area contributed by atoms with Gasteiger partial charge >= 0.3 is 0 Å². The van der Waals surface area contributed by atoms with Gasteiger partial charge in [-0.2, -0.15) is 0 Å². The molecule has 14 heavy (non-hydrogen) atoms. The summed E-state index contributed by atoms with van der Waals surface area (Å²) in [5.74, 6) is 1.90. The Labute approximate surface area is 93.3 Å². The Bertz CT molecular complexity index is 338. The molecule has 1 N–H and O–H groups in total. The summed E-state index contributed by atoms with van der Waals surface area (Å²) in [5.41, 5.74) is 1.21. The third-order valence-electron chi connectivity index (χ3n) is 2.81. The number of anilines is 1. The van der Waals surface area contributed by atoms with Crippen molar-refractivity contribution >= 4 is 21.7 Å². The van der Waals surface area contributed by atoms with Crippen LogP contribution in [0.4, 0.5) is 5.82 Å². The van der Waals surface area contributed by atoms with Crippen LogP contribution in [0.25, 0.3) is 0 Å². The SMILES string of the molecule is CCC1CC1Nc1ncc(Br)cc1C. The summed E-state index contributed by atoms with van der Waals surface area (Å²) in [6.07, 6.45) is 4.42. The van der Waals surface area contributed by atoms with Crippen molar-refractivity contribution in [2.45, 2.75) is 32.7 Å². The van der Waals surface area contributed by atoms with Crippen LogP contribution in [0.15, 0.2) is 16.7 Å². The first-order valence-electron chi connectivity index (χ1n) is 5.09. The number of nitrogens with zero attached hydrogens (tertiary/aromatic N) is 1. The molecule has 0 aromatic carbocycles. The first kappa shape index (κ1) is 9.97. The highest BCUT2D eigenvalue weighted by Gasteiger charge is 2.35. The molecule has 2 nitrogen and oxygen atoms in total.